The molecule has 118 valence electrons. The van der Waals surface area contributed by atoms with Crippen LogP contribution in [0.2, 0.25) is 0 Å². The van der Waals surface area contributed by atoms with Crippen molar-refractivity contribution in [1.29, 1.82) is 0 Å². The van der Waals surface area contributed by atoms with Gasteiger partial charge in [-0.3, -0.25) is 0 Å². The highest BCUT2D eigenvalue weighted by Gasteiger charge is 2.23. The lowest BCUT2D eigenvalue weighted by Gasteiger charge is -2.34. The van der Waals surface area contributed by atoms with Crippen LogP contribution in [0.25, 0.3) is 0 Å². The molecule has 1 atom stereocenters. The molecule has 1 aliphatic heterocycles. The lowest BCUT2D eigenvalue weighted by molar-refractivity contribution is 0.388. The summed E-state index contributed by atoms with van der Waals surface area (Å²) in [6, 6.07) is 8.89. The summed E-state index contributed by atoms with van der Waals surface area (Å²) < 4.78 is 24.6. The van der Waals surface area contributed by atoms with Crippen LogP contribution in [0.15, 0.2) is 24.3 Å². The third-order valence-electron chi connectivity index (χ3n) is 3.98. The van der Waals surface area contributed by atoms with Crippen molar-refractivity contribution in [2.75, 3.05) is 43.9 Å². The Bertz CT molecular complexity index is 549. The van der Waals surface area contributed by atoms with Crippen molar-refractivity contribution < 1.29 is 8.42 Å². The standard InChI is InChI=1S/C15H25N3O2S/c1-4-16-13(2)14-5-7-15(8-6-14)17-9-11-18(12-10-17)21(3,19)20/h5-8,13,16H,4,9-12H2,1-3H3. The molecule has 1 aromatic carbocycles. The Kier molecular flexibility index (Phi) is 5.24. The van der Waals surface area contributed by atoms with Crippen molar-refractivity contribution in [2.45, 2.75) is 19.9 Å². The summed E-state index contributed by atoms with van der Waals surface area (Å²) in [6.45, 7) is 7.83. The fraction of sp³-hybridized carbons (Fsp3) is 0.600. The van der Waals surface area contributed by atoms with E-state index in [0.29, 0.717) is 19.1 Å². The van der Waals surface area contributed by atoms with Gasteiger partial charge in [-0.15, -0.1) is 0 Å². The first-order chi connectivity index (χ1) is 9.91. The second-order valence-electron chi connectivity index (χ2n) is 5.52. The van der Waals surface area contributed by atoms with Gasteiger partial charge in [0.15, 0.2) is 0 Å². The lowest BCUT2D eigenvalue weighted by Crippen LogP contribution is -2.48. The van der Waals surface area contributed by atoms with Gasteiger partial charge in [-0.2, -0.15) is 4.31 Å². The quantitative estimate of drug-likeness (QED) is 0.894. The number of sulfonamides is 1. The molecule has 0 aromatic heterocycles. The van der Waals surface area contributed by atoms with Gasteiger partial charge in [0.05, 0.1) is 6.26 Å². The van der Waals surface area contributed by atoms with Crippen molar-refractivity contribution in [2.24, 2.45) is 0 Å². The van der Waals surface area contributed by atoms with Gasteiger partial charge in [0.2, 0.25) is 10.0 Å². The second kappa shape index (κ2) is 6.77. The van der Waals surface area contributed by atoms with E-state index in [0.717, 1.165) is 25.3 Å². The molecule has 2 rings (SSSR count). The van der Waals surface area contributed by atoms with Gasteiger partial charge in [-0.1, -0.05) is 19.1 Å². The molecule has 0 aliphatic carbocycles. The second-order valence-corrected chi connectivity index (χ2v) is 7.50. The topological polar surface area (TPSA) is 52.6 Å². The molecule has 1 aromatic rings. The molecule has 6 heteroatoms. The molecule has 0 radical (unpaired) electrons. The largest absolute Gasteiger partial charge is 0.369 e. The fourth-order valence-corrected chi connectivity index (χ4v) is 3.50. The van der Waals surface area contributed by atoms with E-state index in [2.05, 4.69) is 48.3 Å². The van der Waals surface area contributed by atoms with Crippen LogP contribution in [0.1, 0.15) is 25.5 Å². The Balaban J connectivity index is 1.98. The molecule has 1 fully saturated rings. The highest BCUT2D eigenvalue weighted by Crippen LogP contribution is 2.21. The minimum absolute atomic E-state index is 0.353. The van der Waals surface area contributed by atoms with E-state index in [9.17, 15) is 8.42 Å². The van der Waals surface area contributed by atoms with Gasteiger partial charge in [0.1, 0.15) is 0 Å². The van der Waals surface area contributed by atoms with E-state index < -0.39 is 10.0 Å². The number of rotatable bonds is 5. The van der Waals surface area contributed by atoms with Crippen LogP contribution >= 0.6 is 0 Å². The van der Waals surface area contributed by atoms with Gasteiger partial charge >= 0.3 is 0 Å². The summed E-state index contributed by atoms with van der Waals surface area (Å²) in [6.07, 6.45) is 1.28. The predicted octanol–water partition coefficient (Wildman–Crippen LogP) is 1.44. The summed E-state index contributed by atoms with van der Waals surface area (Å²) in [7, 11) is -3.06. The van der Waals surface area contributed by atoms with E-state index in [-0.39, 0.29) is 0 Å². The van der Waals surface area contributed by atoms with E-state index in [4.69, 9.17) is 0 Å². The highest BCUT2D eigenvalue weighted by molar-refractivity contribution is 7.88. The molecule has 0 saturated carbocycles. The van der Waals surface area contributed by atoms with Crippen LogP contribution in [0, 0.1) is 0 Å². The van der Waals surface area contributed by atoms with Gasteiger partial charge in [0, 0.05) is 37.9 Å². The molecule has 1 unspecified atom stereocenters. The van der Waals surface area contributed by atoms with Crippen LogP contribution in [0.5, 0.6) is 0 Å². The number of hydrogen-bond donors (Lipinski definition) is 1. The number of piperazine rings is 1. The summed E-state index contributed by atoms with van der Waals surface area (Å²) in [5.41, 5.74) is 2.44. The Morgan fingerprint density at radius 1 is 1.14 bits per heavy atom. The number of benzene rings is 1. The van der Waals surface area contributed by atoms with Crippen molar-refractivity contribution in [3.63, 3.8) is 0 Å². The first kappa shape index (κ1) is 16.3. The summed E-state index contributed by atoms with van der Waals surface area (Å²) in [4.78, 5) is 2.24. The zero-order valence-electron chi connectivity index (χ0n) is 13.0. The van der Waals surface area contributed by atoms with E-state index in [1.54, 1.807) is 4.31 Å². The molecule has 1 heterocycles. The Labute approximate surface area is 128 Å². The molecule has 1 saturated heterocycles. The van der Waals surface area contributed by atoms with Gasteiger partial charge in [0.25, 0.3) is 0 Å². The molecular weight excluding hydrogens is 286 g/mol. The van der Waals surface area contributed by atoms with Crippen LogP contribution in [-0.2, 0) is 10.0 Å². The van der Waals surface area contributed by atoms with Gasteiger partial charge in [-0.25, -0.2) is 8.42 Å². The third kappa shape index (κ3) is 4.18. The molecule has 21 heavy (non-hydrogen) atoms. The Morgan fingerprint density at radius 2 is 1.71 bits per heavy atom. The van der Waals surface area contributed by atoms with E-state index in [1.165, 1.54) is 11.8 Å². The molecular formula is C15H25N3O2S. The predicted molar refractivity (Wildman–Crippen MR) is 87.2 cm³/mol. The zero-order chi connectivity index (χ0) is 15.5. The SMILES string of the molecule is CCNC(C)c1ccc(N2CCN(S(C)(=O)=O)CC2)cc1. The van der Waals surface area contributed by atoms with Crippen LogP contribution < -0.4 is 10.2 Å². The monoisotopic (exact) mass is 311 g/mol. The summed E-state index contributed by atoms with van der Waals surface area (Å²) in [5.74, 6) is 0. The first-order valence-corrected chi connectivity index (χ1v) is 9.30. The van der Waals surface area contributed by atoms with Crippen molar-refractivity contribution in [3.05, 3.63) is 29.8 Å². The zero-order valence-corrected chi connectivity index (χ0v) is 13.9. The number of nitrogens with zero attached hydrogens (tertiary/aromatic N) is 2. The summed E-state index contributed by atoms with van der Waals surface area (Å²) >= 11 is 0. The van der Waals surface area contributed by atoms with Gasteiger partial charge < -0.3 is 10.2 Å². The molecule has 0 spiro atoms. The van der Waals surface area contributed by atoms with Crippen molar-refractivity contribution in [1.82, 2.24) is 9.62 Å². The Morgan fingerprint density at radius 3 is 2.19 bits per heavy atom. The first-order valence-electron chi connectivity index (χ1n) is 7.45. The summed E-state index contributed by atoms with van der Waals surface area (Å²) in [5, 5.41) is 3.40. The lowest BCUT2D eigenvalue weighted by atomic mass is 10.1. The van der Waals surface area contributed by atoms with Crippen LogP contribution in [0.3, 0.4) is 0 Å². The van der Waals surface area contributed by atoms with Crippen LogP contribution in [0.4, 0.5) is 5.69 Å². The van der Waals surface area contributed by atoms with Crippen LogP contribution in [-0.4, -0.2) is 51.7 Å². The molecule has 1 N–H and O–H groups in total. The van der Waals surface area contributed by atoms with Crippen molar-refractivity contribution >= 4 is 15.7 Å². The normalized spacial score (nSPS) is 18.7. The minimum Gasteiger partial charge on any atom is -0.369 e. The molecule has 0 amide bonds. The average molecular weight is 311 g/mol. The number of nitrogens with one attached hydrogen (secondary N) is 1. The third-order valence-corrected chi connectivity index (χ3v) is 5.28. The number of anilines is 1. The molecule has 5 nitrogen and oxygen atoms in total. The number of hydrogen-bond acceptors (Lipinski definition) is 4. The fourth-order valence-electron chi connectivity index (χ4n) is 2.68. The maximum Gasteiger partial charge on any atom is 0.211 e. The average Bonchev–Trinajstić information content (AvgIpc) is 2.47. The Hall–Kier alpha value is -1.11. The minimum atomic E-state index is -3.06. The molecule has 0 bridgehead atoms. The van der Waals surface area contributed by atoms with Crippen molar-refractivity contribution in [3.8, 4) is 0 Å². The van der Waals surface area contributed by atoms with E-state index >= 15 is 0 Å². The van der Waals surface area contributed by atoms with E-state index in [1.807, 2.05) is 0 Å². The smallest absolute Gasteiger partial charge is 0.211 e. The van der Waals surface area contributed by atoms with Gasteiger partial charge in [-0.05, 0) is 31.2 Å². The maximum atomic E-state index is 11.5. The highest BCUT2D eigenvalue weighted by atomic mass is 32.2. The maximum absolute atomic E-state index is 11.5. The molecule has 1 aliphatic rings.